The maximum Gasteiger partial charge on any atom is 0.422 e. The van der Waals surface area contributed by atoms with Gasteiger partial charge in [0.1, 0.15) is 22.2 Å². The molecule has 0 aliphatic rings. The molecule has 0 aromatic heterocycles. The molecule has 0 saturated carbocycles. The first-order valence-corrected chi connectivity index (χ1v) is 9.95. The van der Waals surface area contributed by atoms with Crippen molar-refractivity contribution in [3.8, 4) is 11.5 Å². The lowest BCUT2D eigenvalue weighted by atomic mass is 10.2. The van der Waals surface area contributed by atoms with Gasteiger partial charge in [0, 0.05) is 6.07 Å². The van der Waals surface area contributed by atoms with Crippen LogP contribution in [0.15, 0.2) is 35.2 Å². The van der Waals surface area contributed by atoms with Crippen LogP contribution in [0.5, 0.6) is 11.5 Å². The van der Waals surface area contributed by atoms with Crippen molar-refractivity contribution in [3.63, 3.8) is 0 Å². The van der Waals surface area contributed by atoms with Crippen LogP contribution in [0.3, 0.4) is 0 Å². The Morgan fingerprint density at radius 1 is 0.968 bits per heavy atom. The van der Waals surface area contributed by atoms with Gasteiger partial charge in [0.2, 0.25) is 0 Å². The molecule has 2 aromatic rings. The van der Waals surface area contributed by atoms with Gasteiger partial charge in [0.05, 0.1) is 10.7 Å². The van der Waals surface area contributed by atoms with Gasteiger partial charge in [-0.2, -0.15) is 26.3 Å². The number of anilines is 1. The van der Waals surface area contributed by atoms with Gasteiger partial charge in [-0.15, -0.1) is 0 Å². The van der Waals surface area contributed by atoms with E-state index in [9.17, 15) is 39.2 Å². The van der Waals surface area contributed by atoms with E-state index in [0.29, 0.717) is 12.1 Å². The Morgan fingerprint density at radius 3 is 2.13 bits per heavy atom. The van der Waals surface area contributed by atoms with Gasteiger partial charge in [-0.25, -0.2) is 12.8 Å². The second kappa shape index (κ2) is 8.99. The molecular weight excluding hydrogens is 483 g/mol. The van der Waals surface area contributed by atoms with Crippen LogP contribution in [-0.4, -0.2) is 34.0 Å². The summed E-state index contributed by atoms with van der Waals surface area (Å²) in [4.78, 5) is -0.950. The monoisotopic (exact) mass is 495 g/mol. The topological polar surface area (TPSA) is 64.6 Å². The first kappa shape index (κ1) is 24.9. The van der Waals surface area contributed by atoms with E-state index in [1.54, 1.807) is 0 Å². The number of hydrogen-bond donors (Lipinski definition) is 1. The Balaban J connectivity index is 2.46. The fourth-order valence-corrected chi connectivity index (χ4v) is 3.65. The van der Waals surface area contributed by atoms with Gasteiger partial charge >= 0.3 is 12.4 Å². The van der Waals surface area contributed by atoms with Crippen molar-refractivity contribution in [2.75, 3.05) is 17.9 Å². The zero-order valence-corrected chi connectivity index (χ0v) is 16.9. The summed E-state index contributed by atoms with van der Waals surface area (Å²) < 4.78 is 124. The van der Waals surface area contributed by atoms with E-state index in [1.165, 1.54) is 6.92 Å². The normalized spacial score (nSPS) is 12.5. The van der Waals surface area contributed by atoms with Gasteiger partial charge in [-0.05, 0) is 36.8 Å². The van der Waals surface area contributed by atoms with Gasteiger partial charge in [-0.3, -0.25) is 4.72 Å². The van der Waals surface area contributed by atoms with Crippen LogP contribution in [0.4, 0.5) is 36.4 Å². The minimum absolute atomic E-state index is 0.00194. The van der Waals surface area contributed by atoms with Crippen LogP contribution in [0.1, 0.15) is 5.56 Å². The Hall–Kier alpha value is -2.41. The van der Waals surface area contributed by atoms with Gasteiger partial charge in [-0.1, -0.05) is 11.6 Å². The molecule has 0 bridgehead atoms. The molecule has 0 saturated heterocycles. The first-order valence-electron chi connectivity index (χ1n) is 8.09. The number of halogens is 8. The SMILES string of the molecule is Cc1cc(NS(=O)(=O)c2cc(OCC(F)(F)F)ccc2OCC(F)(F)F)c(Cl)cc1F. The number of alkyl halides is 6. The maximum atomic E-state index is 13.5. The molecule has 31 heavy (non-hydrogen) atoms. The smallest absolute Gasteiger partial charge is 0.422 e. The minimum Gasteiger partial charge on any atom is -0.484 e. The molecule has 0 amide bonds. The minimum atomic E-state index is -4.82. The number of rotatable bonds is 7. The van der Waals surface area contributed by atoms with Crippen LogP contribution in [-0.2, 0) is 10.0 Å². The van der Waals surface area contributed by atoms with Crippen molar-refractivity contribution < 1.29 is 48.6 Å². The molecule has 5 nitrogen and oxygen atoms in total. The predicted octanol–water partition coefficient (Wildman–Crippen LogP) is 5.47. The summed E-state index contributed by atoms with van der Waals surface area (Å²) in [5.74, 6) is -2.15. The summed E-state index contributed by atoms with van der Waals surface area (Å²) in [5, 5.41) is -0.367. The van der Waals surface area contributed by atoms with Crippen LogP contribution in [0.2, 0.25) is 5.02 Å². The van der Waals surface area contributed by atoms with Crippen molar-refractivity contribution in [1.29, 1.82) is 0 Å². The number of aryl methyl sites for hydroxylation is 1. The third kappa shape index (κ3) is 7.35. The number of sulfonamides is 1. The molecule has 1 N–H and O–H groups in total. The summed E-state index contributed by atoms with van der Waals surface area (Å²) in [6.45, 7) is -2.34. The molecule has 0 spiro atoms. The van der Waals surface area contributed by atoms with Crippen LogP contribution >= 0.6 is 11.6 Å². The van der Waals surface area contributed by atoms with E-state index >= 15 is 0 Å². The average molecular weight is 496 g/mol. The highest BCUT2D eigenvalue weighted by Gasteiger charge is 2.32. The number of benzene rings is 2. The lowest BCUT2D eigenvalue weighted by Gasteiger charge is -2.17. The van der Waals surface area contributed by atoms with E-state index in [0.717, 1.165) is 18.2 Å². The van der Waals surface area contributed by atoms with E-state index in [2.05, 4.69) is 9.47 Å². The van der Waals surface area contributed by atoms with Gasteiger partial charge in [0.15, 0.2) is 13.2 Å². The average Bonchev–Trinajstić information content (AvgIpc) is 2.61. The molecule has 2 aromatic carbocycles. The summed E-state index contributed by atoms with van der Waals surface area (Å²) in [6.07, 6.45) is -9.57. The van der Waals surface area contributed by atoms with E-state index in [1.807, 2.05) is 4.72 Å². The molecule has 2 rings (SSSR count). The van der Waals surface area contributed by atoms with Crippen molar-refractivity contribution in [2.24, 2.45) is 0 Å². The lowest BCUT2D eigenvalue weighted by Crippen LogP contribution is -2.22. The quantitative estimate of drug-likeness (QED) is 0.517. The van der Waals surface area contributed by atoms with Crippen LogP contribution in [0, 0.1) is 12.7 Å². The lowest BCUT2D eigenvalue weighted by molar-refractivity contribution is -0.154. The van der Waals surface area contributed by atoms with Crippen LogP contribution in [0.25, 0.3) is 0 Å². The third-order valence-corrected chi connectivity index (χ3v) is 5.19. The fourth-order valence-electron chi connectivity index (χ4n) is 2.17. The highest BCUT2D eigenvalue weighted by molar-refractivity contribution is 7.92. The third-order valence-electron chi connectivity index (χ3n) is 3.49. The summed E-state index contributed by atoms with van der Waals surface area (Å²) in [7, 11) is -4.75. The van der Waals surface area contributed by atoms with Crippen molar-refractivity contribution >= 4 is 27.3 Å². The van der Waals surface area contributed by atoms with Gasteiger partial charge in [0.25, 0.3) is 10.0 Å². The molecular formula is C17H13ClF7NO4S. The zero-order valence-electron chi connectivity index (χ0n) is 15.4. The van der Waals surface area contributed by atoms with Crippen molar-refractivity contribution in [1.82, 2.24) is 0 Å². The largest absolute Gasteiger partial charge is 0.484 e. The number of ether oxygens (including phenoxy) is 2. The van der Waals surface area contributed by atoms with Crippen molar-refractivity contribution in [3.05, 3.63) is 46.7 Å². The van der Waals surface area contributed by atoms with Gasteiger partial charge < -0.3 is 9.47 Å². The summed E-state index contributed by atoms with van der Waals surface area (Å²) in [6, 6.07) is 3.91. The number of nitrogens with one attached hydrogen (secondary N) is 1. The Labute approximate surface area is 176 Å². The van der Waals surface area contributed by atoms with Crippen LogP contribution < -0.4 is 14.2 Å². The van der Waals surface area contributed by atoms with Crippen molar-refractivity contribution in [2.45, 2.75) is 24.2 Å². The Morgan fingerprint density at radius 2 is 1.55 bits per heavy atom. The van der Waals surface area contributed by atoms with E-state index < -0.39 is 57.8 Å². The molecule has 0 radical (unpaired) electrons. The molecule has 0 unspecified atom stereocenters. The summed E-state index contributed by atoms with van der Waals surface area (Å²) in [5.41, 5.74) is -0.318. The standard InChI is InChI=1S/C17H13ClF7NO4S/c1-9-4-13(11(18)6-12(9)19)26-31(27,28)15-5-10(29-7-16(20,21)22)2-3-14(15)30-8-17(23,24)25/h2-6,26H,7-8H2,1H3. The number of hydrogen-bond acceptors (Lipinski definition) is 4. The molecule has 0 aliphatic carbocycles. The zero-order chi connectivity index (χ0) is 23.6. The fraction of sp³-hybridized carbons (Fsp3) is 0.294. The second-order valence-electron chi connectivity index (χ2n) is 6.10. The Kier molecular flexibility index (Phi) is 7.21. The molecule has 0 fully saturated rings. The first-order chi connectivity index (χ1) is 14.1. The highest BCUT2D eigenvalue weighted by atomic mass is 35.5. The van der Waals surface area contributed by atoms with E-state index in [4.69, 9.17) is 11.6 Å². The molecule has 172 valence electrons. The molecule has 14 heteroatoms. The Bertz CT molecular complexity index is 1060. The maximum absolute atomic E-state index is 13.5. The summed E-state index contributed by atoms with van der Waals surface area (Å²) >= 11 is 5.79. The highest BCUT2D eigenvalue weighted by Crippen LogP contribution is 2.34. The van der Waals surface area contributed by atoms with E-state index in [-0.39, 0.29) is 16.3 Å². The molecule has 0 atom stereocenters. The second-order valence-corrected chi connectivity index (χ2v) is 8.16. The molecule has 0 heterocycles. The molecule has 0 aliphatic heterocycles. The predicted molar refractivity (Wildman–Crippen MR) is 96.5 cm³/mol.